The zero-order valence-corrected chi connectivity index (χ0v) is 16.2. The van der Waals surface area contributed by atoms with Crippen LogP contribution in [0, 0.1) is 11.2 Å². The van der Waals surface area contributed by atoms with Crippen LogP contribution >= 0.6 is 0 Å². The number of ether oxygens (including phenoxy) is 1. The van der Waals surface area contributed by atoms with Crippen LogP contribution in [0.25, 0.3) is 0 Å². The number of aromatic nitrogens is 1. The van der Waals surface area contributed by atoms with Gasteiger partial charge in [-0.05, 0) is 51.7 Å². The average molecular weight is 365 g/mol. The van der Waals surface area contributed by atoms with E-state index in [0.29, 0.717) is 43.7 Å². The molecular weight excluding hydrogens is 337 g/mol. The lowest BCUT2D eigenvalue weighted by Gasteiger charge is -2.43. The number of hydrogen-bond donors (Lipinski definition) is 1. The maximum Gasteiger partial charge on any atom is 0.410 e. The Morgan fingerprint density at radius 1 is 1.31 bits per heavy atom. The van der Waals surface area contributed by atoms with E-state index < -0.39 is 16.8 Å². The predicted molar refractivity (Wildman–Crippen MR) is 97.4 cm³/mol. The highest BCUT2D eigenvalue weighted by Crippen LogP contribution is 2.41. The molecule has 0 aromatic carbocycles. The summed E-state index contributed by atoms with van der Waals surface area (Å²) in [7, 11) is 0. The van der Waals surface area contributed by atoms with Crippen LogP contribution < -0.4 is 5.32 Å². The van der Waals surface area contributed by atoms with Gasteiger partial charge < -0.3 is 15.0 Å². The van der Waals surface area contributed by atoms with Crippen molar-refractivity contribution in [2.24, 2.45) is 5.41 Å². The molecule has 0 aliphatic carbocycles. The Morgan fingerprint density at radius 2 is 1.92 bits per heavy atom. The summed E-state index contributed by atoms with van der Waals surface area (Å²) in [6, 6.07) is 1.42. The Morgan fingerprint density at radius 3 is 2.50 bits per heavy atom. The van der Waals surface area contributed by atoms with Crippen LogP contribution in [0.5, 0.6) is 0 Å². The molecule has 2 aliphatic rings. The van der Waals surface area contributed by atoms with Crippen molar-refractivity contribution in [1.82, 2.24) is 9.88 Å². The number of piperidine rings is 1. The summed E-state index contributed by atoms with van der Waals surface area (Å²) in [5.74, 6) is -0.0780. The maximum absolute atomic E-state index is 13.4. The van der Waals surface area contributed by atoms with Gasteiger partial charge in [-0.2, -0.15) is 0 Å². The lowest BCUT2D eigenvalue weighted by atomic mass is 9.71. The topological polar surface area (TPSA) is 71.5 Å². The number of nitrogens with zero attached hydrogens (tertiary/aromatic N) is 2. The van der Waals surface area contributed by atoms with Gasteiger partial charge in [0, 0.05) is 13.1 Å². The van der Waals surface area contributed by atoms with Crippen molar-refractivity contribution in [1.29, 1.82) is 0 Å². The number of carbonyl (C=O) groups excluding carboxylic acids is 2. The van der Waals surface area contributed by atoms with Gasteiger partial charge in [0.25, 0.3) is 0 Å². The molecule has 2 aliphatic heterocycles. The first-order valence-electron chi connectivity index (χ1n) is 9.12. The van der Waals surface area contributed by atoms with Gasteiger partial charge in [0.05, 0.1) is 11.6 Å². The predicted octanol–water partition coefficient (Wildman–Crippen LogP) is 3.76. The highest BCUT2D eigenvalue weighted by atomic mass is 19.1. The monoisotopic (exact) mass is 365 g/mol. The molecule has 1 saturated heterocycles. The molecular formula is C19H28FN3O3. The quantitative estimate of drug-likeness (QED) is 0.760. The van der Waals surface area contributed by atoms with Gasteiger partial charge in [0.15, 0.2) is 0 Å². The third-order valence-corrected chi connectivity index (χ3v) is 4.55. The van der Waals surface area contributed by atoms with Gasteiger partial charge >= 0.3 is 6.09 Å². The first-order valence-corrected chi connectivity index (χ1v) is 9.12. The zero-order valence-electron chi connectivity index (χ0n) is 16.2. The molecule has 2 amide bonds. The van der Waals surface area contributed by atoms with Crippen molar-refractivity contribution in [3.8, 4) is 0 Å². The summed E-state index contributed by atoms with van der Waals surface area (Å²) in [5, 5.41) is 2.78. The molecule has 0 bridgehead atoms. The summed E-state index contributed by atoms with van der Waals surface area (Å²) in [5.41, 5.74) is -0.447. The summed E-state index contributed by atoms with van der Waals surface area (Å²) >= 11 is 0. The molecule has 1 spiro atoms. The molecule has 1 N–H and O–H groups in total. The van der Waals surface area contributed by atoms with Crippen molar-refractivity contribution in [3.63, 3.8) is 0 Å². The summed E-state index contributed by atoms with van der Waals surface area (Å²) in [4.78, 5) is 30.3. The first kappa shape index (κ1) is 20.1. The number of pyridine rings is 1. The van der Waals surface area contributed by atoms with Gasteiger partial charge in [-0.3, -0.25) is 4.79 Å². The van der Waals surface area contributed by atoms with Crippen LogP contribution in [0.15, 0.2) is 12.3 Å². The Labute approximate surface area is 154 Å². The molecule has 3 heterocycles. The van der Waals surface area contributed by atoms with Gasteiger partial charge in [-0.25, -0.2) is 14.2 Å². The van der Waals surface area contributed by atoms with Crippen LogP contribution in [-0.2, 0) is 16.0 Å². The van der Waals surface area contributed by atoms with Crippen LogP contribution in [0.1, 0.15) is 53.0 Å². The number of nitrogens with one attached hydrogen (secondary N) is 1. The smallest absolute Gasteiger partial charge is 0.410 e. The molecule has 1 aromatic heterocycles. The Balaban J connectivity index is 0.00000117. The number of likely N-dealkylation sites (tertiary alicyclic amines) is 1. The standard InChI is InChI=1S/C17H22FN3O3.C2H6/c1-16(2,3)24-15(23)21-6-4-17(5-7-21)9-11-8-12(18)10-19-13(11)20-14(17)22;1-2/h8,10H,4-7,9H2,1-3H3,(H,19,20,22);1-2H3. The Kier molecular flexibility index (Phi) is 5.88. The molecule has 7 heteroatoms. The highest BCUT2D eigenvalue weighted by molar-refractivity contribution is 5.97. The molecule has 0 atom stereocenters. The van der Waals surface area contributed by atoms with Crippen molar-refractivity contribution in [3.05, 3.63) is 23.6 Å². The lowest BCUT2D eigenvalue weighted by molar-refractivity contribution is -0.129. The molecule has 1 fully saturated rings. The fraction of sp³-hybridized carbons (Fsp3) is 0.632. The number of anilines is 1. The average Bonchev–Trinajstić information content (AvgIpc) is 2.57. The zero-order chi connectivity index (χ0) is 19.5. The van der Waals surface area contributed by atoms with Gasteiger partial charge in [-0.15, -0.1) is 0 Å². The SMILES string of the molecule is CC.CC(C)(C)OC(=O)N1CCC2(CC1)Cc1cc(F)cnc1NC2=O. The van der Waals surface area contributed by atoms with E-state index in [1.807, 2.05) is 34.6 Å². The molecule has 6 nitrogen and oxygen atoms in total. The van der Waals surface area contributed by atoms with Crippen LogP contribution in [0.2, 0.25) is 0 Å². The van der Waals surface area contributed by atoms with E-state index >= 15 is 0 Å². The van der Waals surface area contributed by atoms with Crippen molar-refractivity contribution >= 4 is 17.8 Å². The second-order valence-electron chi connectivity index (χ2n) is 7.54. The minimum absolute atomic E-state index is 0.0991. The molecule has 3 rings (SSSR count). The minimum atomic E-state index is -0.610. The van der Waals surface area contributed by atoms with Gasteiger partial charge in [0.2, 0.25) is 5.91 Å². The summed E-state index contributed by atoms with van der Waals surface area (Å²) in [6.45, 7) is 10.4. The number of halogens is 1. The van der Waals surface area contributed by atoms with Crippen molar-refractivity contribution < 1.29 is 18.7 Å². The lowest BCUT2D eigenvalue weighted by Crippen LogP contribution is -2.51. The third-order valence-electron chi connectivity index (χ3n) is 4.55. The van der Waals surface area contributed by atoms with E-state index in [1.165, 1.54) is 6.07 Å². The Hall–Kier alpha value is -2.18. The number of fused-ring (bicyclic) bond motifs is 1. The largest absolute Gasteiger partial charge is 0.444 e. The fourth-order valence-electron chi connectivity index (χ4n) is 3.26. The third kappa shape index (κ3) is 4.31. The van der Waals surface area contributed by atoms with Gasteiger partial charge in [-0.1, -0.05) is 13.8 Å². The van der Waals surface area contributed by atoms with Crippen LogP contribution in [0.4, 0.5) is 15.0 Å². The van der Waals surface area contributed by atoms with E-state index in [-0.39, 0.29) is 12.0 Å². The minimum Gasteiger partial charge on any atom is -0.444 e. The number of rotatable bonds is 0. The van der Waals surface area contributed by atoms with E-state index in [2.05, 4.69) is 10.3 Å². The van der Waals surface area contributed by atoms with E-state index in [4.69, 9.17) is 4.74 Å². The Bertz CT molecular complexity index is 677. The normalized spacial score (nSPS) is 18.4. The van der Waals surface area contributed by atoms with Crippen molar-refractivity contribution in [2.75, 3.05) is 18.4 Å². The molecule has 0 unspecified atom stereocenters. The first-order chi connectivity index (χ1) is 12.2. The van der Waals surface area contributed by atoms with Crippen LogP contribution in [-0.4, -0.2) is 40.6 Å². The number of hydrogen-bond acceptors (Lipinski definition) is 4. The fourth-order valence-corrected chi connectivity index (χ4v) is 3.26. The van der Waals surface area contributed by atoms with E-state index in [9.17, 15) is 14.0 Å². The van der Waals surface area contributed by atoms with Gasteiger partial charge in [0.1, 0.15) is 17.2 Å². The second kappa shape index (κ2) is 7.60. The van der Waals surface area contributed by atoms with E-state index in [0.717, 1.165) is 6.20 Å². The molecule has 0 saturated carbocycles. The molecule has 1 aromatic rings. The summed E-state index contributed by atoms with van der Waals surface area (Å²) < 4.78 is 18.8. The number of carbonyl (C=O) groups is 2. The molecule has 144 valence electrons. The number of amides is 2. The second-order valence-corrected chi connectivity index (χ2v) is 7.54. The van der Waals surface area contributed by atoms with Crippen molar-refractivity contribution in [2.45, 2.75) is 59.5 Å². The highest BCUT2D eigenvalue weighted by Gasteiger charge is 2.46. The van der Waals surface area contributed by atoms with Crippen LogP contribution in [0.3, 0.4) is 0 Å². The van der Waals surface area contributed by atoms with E-state index in [1.54, 1.807) is 4.90 Å². The maximum atomic E-state index is 13.4. The summed E-state index contributed by atoms with van der Waals surface area (Å²) in [6.07, 6.45) is 2.23. The molecule has 0 radical (unpaired) electrons. The molecule has 26 heavy (non-hydrogen) atoms.